The summed E-state index contributed by atoms with van der Waals surface area (Å²) >= 11 is 3.37. The Hall–Kier alpha value is -1.56. The number of rotatable bonds is 4. The highest BCUT2D eigenvalue weighted by atomic mass is 79.9. The maximum absolute atomic E-state index is 12.4. The molecule has 1 aliphatic heterocycles. The van der Waals surface area contributed by atoms with Gasteiger partial charge in [0.05, 0.1) is 10.4 Å². The van der Waals surface area contributed by atoms with Gasteiger partial charge in [0, 0.05) is 13.1 Å². The lowest BCUT2D eigenvalue weighted by Crippen LogP contribution is -2.47. The van der Waals surface area contributed by atoms with Gasteiger partial charge in [0.15, 0.2) is 6.10 Å². The third-order valence-electron chi connectivity index (χ3n) is 3.57. The maximum atomic E-state index is 12.4. The van der Waals surface area contributed by atoms with E-state index < -0.39 is 18.0 Å². The Bertz CT molecular complexity index is 534. The average molecular weight is 356 g/mol. The summed E-state index contributed by atoms with van der Waals surface area (Å²) in [4.78, 5) is 25.0. The Kier molecular flexibility index (Phi) is 5.22. The van der Waals surface area contributed by atoms with Crippen LogP contribution in [0.4, 0.5) is 0 Å². The molecule has 0 radical (unpaired) electrons. The van der Waals surface area contributed by atoms with Crippen molar-refractivity contribution in [1.29, 1.82) is 0 Å². The van der Waals surface area contributed by atoms with Crippen LogP contribution in [0.3, 0.4) is 0 Å². The number of piperidine rings is 1. The van der Waals surface area contributed by atoms with E-state index in [4.69, 9.17) is 9.84 Å². The normalized spacial score (nSPS) is 19.9. The summed E-state index contributed by atoms with van der Waals surface area (Å²) in [6, 6.07) is 7.32. The molecule has 1 saturated heterocycles. The summed E-state index contributed by atoms with van der Waals surface area (Å²) in [7, 11) is 0. The number of para-hydroxylation sites is 1. The number of nitrogens with zero attached hydrogens (tertiary/aromatic N) is 1. The lowest BCUT2D eigenvalue weighted by Gasteiger charge is -2.32. The number of hydrogen-bond acceptors (Lipinski definition) is 3. The number of carboxylic acid groups (broad SMARTS) is 1. The van der Waals surface area contributed by atoms with Crippen molar-refractivity contribution in [2.24, 2.45) is 5.92 Å². The van der Waals surface area contributed by atoms with Gasteiger partial charge in [-0.1, -0.05) is 12.1 Å². The van der Waals surface area contributed by atoms with Gasteiger partial charge in [-0.2, -0.15) is 0 Å². The van der Waals surface area contributed by atoms with Crippen molar-refractivity contribution >= 4 is 27.8 Å². The Morgan fingerprint density at radius 1 is 1.43 bits per heavy atom. The summed E-state index contributed by atoms with van der Waals surface area (Å²) in [5.41, 5.74) is 0. The average Bonchev–Trinajstić information content (AvgIpc) is 2.49. The molecule has 0 saturated carbocycles. The van der Waals surface area contributed by atoms with Crippen molar-refractivity contribution in [3.8, 4) is 5.75 Å². The molecule has 2 atom stereocenters. The second-order valence-corrected chi connectivity index (χ2v) is 6.01. The van der Waals surface area contributed by atoms with Crippen LogP contribution in [0.2, 0.25) is 0 Å². The fraction of sp³-hybridized carbons (Fsp3) is 0.467. The van der Waals surface area contributed by atoms with Gasteiger partial charge in [0.1, 0.15) is 5.75 Å². The number of halogens is 1. The molecule has 0 spiro atoms. The molecule has 1 aliphatic rings. The lowest BCUT2D eigenvalue weighted by molar-refractivity contribution is -0.147. The Morgan fingerprint density at radius 2 is 2.14 bits per heavy atom. The van der Waals surface area contributed by atoms with Gasteiger partial charge in [-0.25, -0.2) is 0 Å². The van der Waals surface area contributed by atoms with E-state index in [9.17, 15) is 9.59 Å². The number of amides is 1. The van der Waals surface area contributed by atoms with Crippen LogP contribution in [-0.4, -0.2) is 41.1 Å². The standard InChI is InChI=1S/C15H18BrNO4/c1-10(21-13-7-3-2-6-12(13)16)14(18)17-8-4-5-11(9-17)15(19)20/h2-3,6-7,10-11H,4-5,8-9H2,1H3,(H,19,20)/t10-,11-/m1/s1. The predicted octanol–water partition coefficient (Wildman–Crippen LogP) is 2.54. The van der Waals surface area contributed by atoms with Crippen LogP contribution in [0.1, 0.15) is 19.8 Å². The number of ether oxygens (including phenoxy) is 1. The van der Waals surface area contributed by atoms with E-state index in [1.165, 1.54) is 0 Å². The number of benzene rings is 1. The molecule has 5 nitrogen and oxygen atoms in total. The highest BCUT2D eigenvalue weighted by molar-refractivity contribution is 9.10. The molecule has 1 aromatic carbocycles. The fourth-order valence-electron chi connectivity index (χ4n) is 2.42. The van der Waals surface area contributed by atoms with Gasteiger partial charge in [0.25, 0.3) is 5.91 Å². The molecular formula is C15H18BrNO4. The van der Waals surface area contributed by atoms with Crippen LogP contribution in [0.25, 0.3) is 0 Å². The molecule has 1 fully saturated rings. The smallest absolute Gasteiger partial charge is 0.308 e. The number of carboxylic acids is 1. The molecule has 6 heteroatoms. The Labute approximate surface area is 132 Å². The maximum Gasteiger partial charge on any atom is 0.308 e. The molecule has 21 heavy (non-hydrogen) atoms. The van der Waals surface area contributed by atoms with Gasteiger partial charge in [-0.15, -0.1) is 0 Å². The van der Waals surface area contributed by atoms with Crippen LogP contribution in [0.5, 0.6) is 5.75 Å². The minimum atomic E-state index is -0.841. The molecule has 0 unspecified atom stereocenters. The lowest BCUT2D eigenvalue weighted by atomic mass is 9.98. The summed E-state index contributed by atoms with van der Waals surface area (Å²) in [6.45, 7) is 2.54. The predicted molar refractivity (Wildman–Crippen MR) is 81.2 cm³/mol. The van der Waals surface area contributed by atoms with Crippen molar-refractivity contribution in [2.75, 3.05) is 13.1 Å². The van der Waals surface area contributed by atoms with E-state index in [2.05, 4.69) is 15.9 Å². The summed E-state index contributed by atoms with van der Waals surface area (Å²) in [6.07, 6.45) is 0.694. The second-order valence-electron chi connectivity index (χ2n) is 5.15. The van der Waals surface area contributed by atoms with Gasteiger partial charge >= 0.3 is 5.97 Å². The van der Waals surface area contributed by atoms with E-state index in [0.29, 0.717) is 25.1 Å². The molecule has 0 bridgehead atoms. The molecule has 0 aliphatic carbocycles. The van der Waals surface area contributed by atoms with E-state index in [0.717, 1.165) is 4.47 Å². The van der Waals surface area contributed by atoms with Crippen LogP contribution in [0, 0.1) is 5.92 Å². The van der Waals surface area contributed by atoms with Crippen LogP contribution in [0.15, 0.2) is 28.7 Å². The first-order valence-electron chi connectivity index (χ1n) is 6.92. The Morgan fingerprint density at radius 3 is 2.81 bits per heavy atom. The molecule has 1 aromatic rings. The number of carbonyl (C=O) groups is 2. The first-order valence-corrected chi connectivity index (χ1v) is 7.71. The number of aliphatic carboxylic acids is 1. The second kappa shape index (κ2) is 6.93. The minimum absolute atomic E-state index is 0.170. The number of hydrogen-bond donors (Lipinski definition) is 1. The van der Waals surface area contributed by atoms with Crippen LogP contribution >= 0.6 is 15.9 Å². The summed E-state index contributed by atoms with van der Waals surface area (Å²) < 4.78 is 6.45. The minimum Gasteiger partial charge on any atom is -0.481 e. The van der Waals surface area contributed by atoms with Gasteiger partial charge in [-0.3, -0.25) is 9.59 Å². The van der Waals surface area contributed by atoms with Gasteiger partial charge < -0.3 is 14.7 Å². The first-order chi connectivity index (χ1) is 9.99. The van der Waals surface area contributed by atoms with Crippen molar-refractivity contribution in [3.63, 3.8) is 0 Å². The van der Waals surface area contributed by atoms with Crippen molar-refractivity contribution in [1.82, 2.24) is 4.90 Å². The summed E-state index contributed by atoms with van der Waals surface area (Å²) in [5.74, 6) is -0.882. The van der Waals surface area contributed by atoms with Crippen molar-refractivity contribution < 1.29 is 19.4 Å². The molecule has 2 rings (SSSR count). The molecular weight excluding hydrogens is 338 g/mol. The van der Waals surface area contributed by atoms with E-state index in [1.807, 2.05) is 18.2 Å². The van der Waals surface area contributed by atoms with Crippen molar-refractivity contribution in [3.05, 3.63) is 28.7 Å². The largest absolute Gasteiger partial charge is 0.481 e. The molecule has 1 amide bonds. The SMILES string of the molecule is C[C@@H](Oc1ccccc1Br)C(=O)N1CCC[C@@H](C(=O)O)C1. The monoisotopic (exact) mass is 355 g/mol. The van der Waals surface area contributed by atoms with Crippen molar-refractivity contribution in [2.45, 2.75) is 25.9 Å². The zero-order chi connectivity index (χ0) is 15.4. The highest BCUT2D eigenvalue weighted by Crippen LogP contribution is 2.25. The first kappa shape index (κ1) is 15.8. The van der Waals surface area contributed by atoms with E-state index >= 15 is 0 Å². The zero-order valence-corrected chi connectivity index (χ0v) is 13.4. The molecule has 0 aromatic heterocycles. The number of likely N-dealkylation sites (tertiary alicyclic amines) is 1. The van der Waals surface area contributed by atoms with E-state index in [-0.39, 0.29) is 12.5 Å². The molecule has 114 valence electrons. The van der Waals surface area contributed by atoms with Gasteiger partial charge in [-0.05, 0) is 47.8 Å². The quantitative estimate of drug-likeness (QED) is 0.900. The number of carbonyl (C=O) groups excluding carboxylic acids is 1. The topological polar surface area (TPSA) is 66.8 Å². The zero-order valence-electron chi connectivity index (χ0n) is 11.8. The summed E-state index contributed by atoms with van der Waals surface area (Å²) in [5, 5.41) is 9.07. The van der Waals surface area contributed by atoms with Crippen LogP contribution in [-0.2, 0) is 9.59 Å². The highest BCUT2D eigenvalue weighted by Gasteiger charge is 2.31. The molecule has 1 N–H and O–H groups in total. The third kappa shape index (κ3) is 3.97. The third-order valence-corrected chi connectivity index (χ3v) is 4.23. The van der Waals surface area contributed by atoms with Crippen LogP contribution < -0.4 is 4.74 Å². The Balaban J connectivity index is 1.99. The van der Waals surface area contributed by atoms with E-state index in [1.54, 1.807) is 17.9 Å². The van der Waals surface area contributed by atoms with Gasteiger partial charge in [0.2, 0.25) is 0 Å². The fourth-order valence-corrected chi connectivity index (χ4v) is 2.80. The molecule has 1 heterocycles.